The van der Waals surface area contributed by atoms with Crippen LogP contribution >= 0.6 is 23.1 Å². The fraction of sp³-hybridized carbons (Fsp3) is 0.539. The van der Waals surface area contributed by atoms with E-state index in [1.807, 2.05) is 26.0 Å². The molecule has 0 aliphatic carbocycles. The average molecular weight is 1860 g/mol. The molecule has 0 unspecified atom stereocenters. The lowest BCUT2D eigenvalue weighted by Gasteiger charge is -2.36. The number of Topliss-reactive ketones (excluding diaryl/α,β-unsaturated/α-hetero) is 2. The van der Waals surface area contributed by atoms with Gasteiger partial charge in [-0.15, -0.1) is 11.8 Å². The van der Waals surface area contributed by atoms with Gasteiger partial charge >= 0.3 is 0 Å². The van der Waals surface area contributed by atoms with E-state index in [9.17, 15) is 62.6 Å². The summed E-state index contributed by atoms with van der Waals surface area (Å²) in [6, 6.07) is 0.0609. The minimum Gasteiger partial charge on any atom is -0.396 e. The van der Waals surface area contributed by atoms with Crippen LogP contribution in [0.4, 0.5) is 0 Å². The first-order chi connectivity index (χ1) is 62.4. The molecule has 20 N–H and O–H groups in total. The normalized spacial score (nSPS) is 23.7. The molecule has 0 radical (unpaired) electrons. The summed E-state index contributed by atoms with van der Waals surface area (Å²) in [5, 5.41) is 47.9. The Labute approximate surface area is 768 Å². The van der Waals surface area contributed by atoms with E-state index >= 15 is 24.0 Å². The van der Waals surface area contributed by atoms with Crippen molar-refractivity contribution in [3.05, 3.63) is 113 Å². The van der Waals surface area contributed by atoms with Crippen LogP contribution in [0.1, 0.15) is 147 Å². The molecule has 4 aromatic heterocycles. The molecule has 0 saturated carbocycles. The molecule has 6 heterocycles. The van der Waals surface area contributed by atoms with Crippen LogP contribution in [-0.2, 0) is 107 Å². The molecule has 2 aliphatic heterocycles. The van der Waals surface area contributed by atoms with E-state index in [0.29, 0.717) is 69.9 Å². The molecular formula is C89H126N22O18S2. The van der Waals surface area contributed by atoms with E-state index in [1.54, 1.807) is 79.5 Å². The largest absolute Gasteiger partial charge is 0.396 e. The summed E-state index contributed by atoms with van der Waals surface area (Å²) in [4.78, 5) is 268. The lowest BCUT2D eigenvalue weighted by molar-refractivity contribution is -0.149. The molecular weight excluding hydrogens is 1730 g/mol. The lowest BCUT2D eigenvalue weighted by Crippen LogP contribution is -2.60. The zero-order chi connectivity index (χ0) is 95.9. The number of carbonyl (C=O) groups is 17. The van der Waals surface area contributed by atoms with Crippen molar-refractivity contribution in [1.29, 1.82) is 5.41 Å². The maximum absolute atomic E-state index is 15.7. The average Bonchev–Trinajstić information content (AvgIpc) is 1.77. The number of nitrogens with zero attached hydrogens (tertiary/aromatic N) is 6. The molecule has 712 valence electrons. The number of primary amides is 2. The number of thiophene rings is 1. The minimum atomic E-state index is -1.73. The van der Waals surface area contributed by atoms with Gasteiger partial charge in [-0.2, -0.15) is 11.3 Å². The van der Waals surface area contributed by atoms with Crippen molar-refractivity contribution < 1.29 is 86.6 Å². The second-order valence-corrected chi connectivity index (χ2v) is 35.7. The first kappa shape index (κ1) is 104. The Balaban J connectivity index is 1.18. The number of likely N-dealkylation sites (N-methyl/N-ethyl adjacent to an activating group) is 4. The minimum absolute atomic E-state index is 0.00670. The summed E-state index contributed by atoms with van der Waals surface area (Å²) in [5.74, 6) is -18.8. The van der Waals surface area contributed by atoms with Gasteiger partial charge in [0.05, 0.1) is 44.1 Å². The van der Waals surface area contributed by atoms with Crippen molar-refractivity contribution in [2.45, 2.75) is 217 Å². The number of ketones is 2. The van der Waals surface area contributed by atoms with Crippen LogP contribution in [0.2, 0.25) is 0 Å². The smallest absolute Gasteiger partial charge is 0.246 e. The van der Waals surface area contributed by atoms with Gasteiger partial charge in [0.15, 0.2) is 11.7 Å². The number of amides is 15. The first-order valence-electron chi connectivity index (χ1n) is 44.1. The molecule has 2 fully saturated rings. The number of thioether (sulfide) groups is 1. The van der Waals surface area contributed by atoms with Crippen LogP contribution in [0.15, 0.2) is 90.3 Å². The molecule has 131 heavy (non-hydrogen) atoms. The zero-order valence-corrected chi connectivity index (χ0v) is 77.2. The van der Waals surface area contributed by atoms with Gasteiger partial charge in [0.1, 0.15) is 72.2 Å². The number of hydrogen-bond donors (Lipinski definition) is 17. The van der Waals surface area contributed by atoms with Gasteiger partial charge in [-0.05, 0) is 110 Å². The summed E-state index contributed by atoms with van der Waals surface area (Å²) in [6.45, 7) is 6.30. The van der Waals surface area contributed by atoms with Crippen LogP contribution in [-0.4, -0.2) is 295 Å². The van der Waals surface area contributed by atoms with Gasteiger partial charge in [-0.3, -0.25) is 86.9 Å². The van der Waals surface area contributed by atoms with Gasteiger partial charge in [0, 0.05) is 131 Å². The van der Waals surface area contributed by atoms with Crippen LogP contribution in [0.3, 0.4) is 0 Å². The number of nitrogens with two attached hydrogens (primary N) is 3. The molecule has 6 aromatic rings. The van der Waals surface area contributed by atoms with E-state index in [4.69, 9.17) is 22.6 Å². The number of unbranched alkanes of at least 4 members (excludes halogenated alkanes) is 2. The number of fused-ring (bicyclic) bond motifs is 3. The van der Waals surface area contributed by atoms with Crippen molar-refractivity contribution in [3.8, 4) is 0 Å². The number of aliphatic hydroxyl groups excluding tert-OH is 1. The molecule has 8 rings (SSSR count). The van der Waals surface area contributed by atoms with Gasteiger partial charge in [-0.1, -0.05) is 89.8 Å². The number of aromatic amines is 3. The van der Waals surface area contributed by atoms with E-state index in [0.717, 1.165) is 26.5 Å². The van der Waals surface area contributed by atoms with E-state index < -0.39 is 235 Å². The summed E-state index contributed by atoms with van der Waals surface area (Å²) in [5.41, 5.74) is 20.3. The molecule has 42 heteroatoms. The van der Waals surface area contributed by atoms with Gasteiger partial charge in [0.25, 0.3) is 0 Å². The Bertz CT molecular complexity index is 5000. The molecule has 0 spiro atoms. The predicted molar refractivity (Wildman–Crippen MR) is 490 cm³/mol. The molecule has 13 atom stereocenters. The number of carbonyl (C=O) groups excluding carboxylic acids is 17. The fourth-order valence-electron chi connectivity index (χ4n) is 16.1. The highest BCUT2D eigenvalue weighted by atomic mass is 32.2. The summed E-state index contributed by atoms with van der Waals surface area (Å²) >= 11 is 2.09. The Morgan fingerprint density at radius 2 is 1.20 bits per heavy atom. The number of aliphatic hydroxyl groups is 1. The SMILES string of the molecule is CCCC[C@H]1C(=O)N(C)[C@@H](CCCC)C(=O)N[C@@H](CCCNC(=N)N)C(=O)N[C@H](C(=O)NCC(N)=O)CSCC(=O)N[C@@H](Cc2ccsc2)C(=O)N(C)[C@@H](C)C(=O)N[C@@H](CC(N)=O)C(=O)N2CCC[C@H]2C(=O)N[C@@H](Cc2cnc[nH]2)C(=O)N[C@@H](CC(C)C)C(=O)N(C)CC(=O)C[C@@H](Cc2c[nH]c3ccccc23)C(=O)C[C@@H](CO)C(=O)N[C@@H](Cc2c[nH]c3ccccc23)C(=O)N1C. The molecule has 2 aliphatic rings. The quantitative estimate of drug-likeness (QED) is 0.0195. The second-order valence-electron chi connectivity index (χ2n) is 33.9. The van der Waals surface area contributed by atoms with Crippen LogP contribution in [0, 0.1) is 23.2 Å². The Hall–Kier alpha value is -12.6. The molecule has 2 saturated heterocycles. The van der Waals surface area contributed by atoms with Crippen LogP contribution in [0.25, 0.3) is 21.8 Å². The Morgan fingerprint density at radius 3 is 1.81 bits per heavy atom. The number of nitrogens with one attached hydrogen (secondary N) is 13. The molecule has 0 bridgehead atoms. The number of H-pyrrole nitrogens is 3. The van der Waals surface area contributed by atoms with E-state index in [1.165, 1.54) is 68.8 Å². The highest BCUT2D eigenvalue weighted by molar-refractivity contribution is 8.00. The highest BCUT2D eigenvalue weighted by Gasteiger charge is 2.44. The third-order valence-corrected chi connectivity index (χ3v) is 25.2. The first-order valence-corrected chi connectivity index (χ1v) is 46.2. The maximum atomic E-state index is 15.7. The van der Waals surface area contributed by atoms with Crippen molar-refractivity contribution in [2.75, 3.05) is 72.5 Å². The Kier molecular flexibility index (Phi) is 40.0. The standard InChI is InChI=1S/C89H126N22O18S2/c1-10-12-25-70-82(123)101-63(24-18-29-95-89(92)93)80(121)106-69(79(120)98-43-75(91)116)47-131-48-76(117)100-66(33-52-28-31-130-46-52)85(126)108(7)51(5)77(118)103-68(39-74(90)115)87(128)111-30-19-27-71(111)83(124)102-64(38-57-42-94-49-99-57)81(122)105-65(32-50(3)4)84(125)107(6)44-58(113)35-53(34-54-40-96-61-22-16-14-20-59(54)61)73(114)37-56(45-112)78(119)104-67(36-55-41-97-62-23-17-15-21-60(55)62)86(127)110(9)72(26-13-11-2)88(129)109(70)8/h14-17,20-23,28,31,40-42,46,49-51,53,56,63-72,96-97,112H,10-13,18-19,24-27,29-30,32-39,43-45,47-48H2,1-9H3,(H2,90,115)(H2,91,116)(H,94,99)(H,98,120)(H,100,117)(H,101,123)(H,102,124)(H,103,118)(H,104,119)(H,105,122)(H,106,121)(H4,92,93,95)/t51-,53+,56-,63-,64-,65-,66-,67-,68-,69-,70-,71-,72-/m0/s1. The van der Waals surface area contributed by atoms with Crippen LogP contribution in [0.5, 0.6) is 0 Å². The van der Waals surface area contributed by atoms with Gasteiger partial charge < -0.3 is 110 Å². The monoisotopic (exact) mass is 1850 g/mol. The number of guanidine groups is 1. The lowest BCUT2D eigenvalue weighted by atomic mass is 9.85. The third-order valence-electron chi connectivity index (χ3n) is 23.5. The number of rotatable bonds is 26. The van der Waals surface area contributed by atoms with E-state index in [-0.39, 0.29) is 89.6 Å². The number of hydrogen-bond acceptors (Lipinski definition) is 22. The molecule has 2 aromatic carbocycles. The van der Waals surface area contributed by atoms with Crippen molar-refractivity contribution in [1.82, 2.24) is 92.3 Å². The third kappa shape index (κ3) is 30.2. The summed E-state index contributed by atoms with van der Waals surface area (Å²) in [6.07, 6.45) is 5.38. The predicted octanol–water partition coefficient (Wildman–Crippen LogP) is 0.105. The van der Waals surface area contributed by atoms with Crippen molar-refractivity contribution >= 4 is 151 Å². The van der Waals surface area contributed by atoms with Crippen LogP contribution < -0.4 is 65.1 Å². The summed E-state index contributed by atoms with van der Waals surface area (Å²) in [7, 11) is 5.35. The van der Waals surface area contributed by atoms with Gasteiger partial charge in [0.2, 0.25) is 88.6 Å². The number of imidazole rings is 1. The molecule has 40 nitrogen and oxygen atoms in total. The topological polar surface area (TPSA) is 597 Å². The van der Waals surface area contributed by atoms with E-state index in [2.05, 4.69) is 67.8 Å². The number of benzene rings is 2. The Morgan fingerprint density at radius 1 is 0.595 bits per heavy atom. The fourth-order valence-corrected chi connectivity index (χ4v) is 17.6. The van der Waals surface area contributed by atoms with Crippen molar-refractivity contribution in [3.63, 3.8) is 0 Å². The number of aromatic nitrogens is 4. The number of para-hydroxylation sites is 2. The zero-order valence-electron chi connectivity index (χ0n) is 75.5. The van der Waals surface area contributed by atoms with Gasteiger partial charge in [-0.25, -0.2) is 4.98 Å². The second kappa shape index (κ2) is 50.5. The highest BCUT2D eigenvalue weighted by Crippen LogP contribution is 2.29. The summed E-state index contributed by atoms with van der Waals surface area (Å²) < 4.78 is 0. The van der Waals surface area contributed by atoms with Crippen molar-refractivity contribution in [2.24, 2.45) is 35.0 Å². The molecule has 15 amide bonds. The maximum Gasteiger partial charge on any atom is 0.246 e.